The lowest BCUT2D eigenvalue weighted by molar-refractivity contribution is 0.0939. The van der Waals surface area contributed by atoms with Crippen LogP contribution >= 0.6 is 11.3 Å². The number of hydrogen-bond acceptors (Lipinski definition) is 3. The number of thiophene rings is 1. The summed E-state index contributed by atoms with van der Waals surface area (Å²) in [5.74, 6) is -0.532. The van der Waals surface area contributed by atoms with E-state index in [9.17, 15) is 9.18 Å². The average Bonchev–Trinajstić information content (AvgIpc) is 2.95. The van der Waals surface area contributed by atoms with Gasteiger partial charge in [0.15, 0.2) is 0 Å². The number of carbonyl (C=O) groups excluding carboxylic acids is 1. The number of hydrogen-bond donors (Lipinski definition) is 1. The van der Waals surface area contributed by atoms with Gasteiger partial charge in [-0.3, -0.25) is 4.79 Å². The molecule has 1 N–H and O–H groups in total. The van der Waals surface area contributed by atoms with Gasteiger partial charge in [0, 0.05) is 22.8 Å². The number of aryl methyl sites for hydroxylation is 1. The molecule has 0 spiro atoms. The van der Waals surface area contributed by atoms with Crippen molar-refractivity contribution in [1.29, 1.82) is 0 Å². The van der Waals surface area contributed by atoms with Gasteiger partial charge in [0.1, 0.15) is 5.82 Å². The Labute approximate surface area is 150 Å². The second-order valence-corrected chi connectivity index (χ2v) is 7.06. The Balaban J connectivity index is 1.96. The van der Waals surface area contributed by atoms with Crippen molar-refractivity contribution in [3.05, 3.63) is 69.8 Å². The summed E-state index contributed by atoms with van der Waals surface area (Å²) in [6.45, 7) is 4.16. The van der Waals surface area contributed by atoms with Crippen LogP contribution in [-0.4, -0.2) is 13.0 Å². The van der Waals surface area contributed by atoms with Crippen molar-refractivity contribution < 1.29 is 13.9 Å². The second-order valence-electron chi connectivity index (χ2n) is 6.01. The van der Waals surface area contributed by atoms with Gasteiger partial charge in [0.05, 0.1) is 17.5 Å². The molecule has 0 saturated heterocycles. The maximum absolute atomic E-state index is 14.2. The number of fused-ring (bicyclic) bond motifs is 1. The third-order valence-electron chi connectivity index (χ3n) is 4.26. The van der Waals surface area contributed by atoms with Gasteiger partial charge >= 0.3 is 0 Å². The Morgan fingerprint density at radius 1 is 1.24 bits per heavy atom. The summed E-state index contributed by atoms with van der Waals surface area (Å²) in [4.78, 5) is 13.3. The second kappa shape index (κ2) is 7.33. The van der Waals surface area contributed by atoms with Crippen molar-refractivity contribution in [3.63, 3.8) is 0 Å². The van der Waals surface area contributed by atoms with E-state index < -0.39 is 0 Å². The first-order valence-corrected chi connectivity index (χ1v) is 8.89. The van der Waals surface area contributed by atoms with E-state index in [2.05, 4.69) is 5.32 Å². The Hall–Kier alpha value is -2.24. The fourth-order valence-corrected chi connectivity index (χ4v) is 4.17. The van der Waals surface area contributed by atoms with Crippen LogP contribution in [0.3, 0.4) is 0 Å². The van der Waals surface area contributed by atoms with Crippen LogP contribution in [0.25, 0.3) is 10.1 Å². The highest BCUT2D eigenvalue weighted by atomic mass is 32.1. The molecule has 3 nitrogen and oxygen atoms in total. The molecule has 130 valence electrons. The van der Waals surface area contributed by atoms with Gasteiger partial charge < -0.3 is 10.1 Å². The highest BCUT2D eigenvalue weighted by Crippen LogP contribution is 2.34. The molecule has 1 amide bonds. The number of halogens is 1. The Bertz CT molecular complexity index is 919. The molecular formula is C20H20FNO2S. The predicted molar refractivity (Wildman–Crippen MR) is 99.6 cm³/mol. The molecule has 3 rings (SSSR count). The summed E-state index contributed by atoms with van der Waals surface area (Å²) in [5, 5.41) is 3.50. The van der Waals surface area contributed by atoms with Gasteiger partial charge in [0.2, 0.25) is 0 Å². The molecule has 1 atom stereocenters. The van der Waals surface area contributed by atoms with E-state index in [4.69, 9.17) is 4.74 Å². The molecule has 3 aromatic rings. The molecule has 5 heteroatoms. The van der Waals surface area contributed by atoms with E-state index in [0.717, 1.165) is 15.8 Å². The lowest BCUT2D eigenvalue weighted by Gasteiger charge is -2.16. The molecule has 2 aromatic carbocycles. The zero-order chi connectivity index (χ0) is 18.0. The fraction of sp³-hybridized carbons (Fsp3) is 0.250. The first-order valence-electron chi connectivity index (χ1n) is 8.08. The van der Waals surface area contributed by atoms with E-state index in [-0.39, 0.29) is 24.4 Å². The third kappa shape index (κ3) is 3.43. The normalized spacial score (nSPS) is 12.3. The summed E-state index contributed by atoms with van der Waals surface area (Å²) in [7, 11) is 1.54. The van der Waals surface area contributed by atoms with Crippen LogP contribution in [0.15, 0.2) is 42.5 Å². The van der Waals surface area contributed by atoms with Crippen LogP contribution in [0, 0.1) is 12.7 Å². The zero-order valence-corrected chi connectivity index (χ0v) is 15.2. The summed E-state index contributed by atoms with van der Waals surface area (Å²) in [5.41, 5.74) is 2.79. The van der Waals surface area contributed by atoms with Crippen LogP contribution in [-0.2, 0) is 11.3 Å². The number of rotatable bonds is 5. The summed E-state index contributed by atoms with van der Waals surface area (Å²) in [6.07, 6.45) is 0. The molecule has 0 aliphatic heterocycles. The lowest BCUT2D eigenvalue weighted by Crippen LogP contribution is -2.27. The fourth-order valence-electron chi connectivity index (χ4n) is 3.05. The van der Waals surface area contributed by atoms with Crippen LogP contribution in [0.4, 0.5) is 4.39 Å². The first-order chi connectivity index (χ1) is 12.0. The van der Waals surface area contributed by atoms with Crippen molar-refractivity contribution in [2.24, 2.45) is 0 Å². The van der Waals surface area contributed by atoms with Crippen LogP contribution in [0.5, 0.6) is 0 Å². The molecule has 0 saturated carbocycles. The predicted octanol–water partition coefficient (Wildman–Crippen LogP) is 4.99. The summed E-state index contributed by atoms with van der Waals surface area (Å²) < 4.78 is 20.2. The molecule has 0 fully saturated rings. The highest BCUT2D eigenvalue weighted by Gasteiger charge is 2.22. The summed E-state index contributed by atoms with van der Waals surface area (Å²) in [6, 6.07) is 12.7. The number of amides is 1. The maximum Gasteiger partial charge on any atom is 0.262 e. The first kappa shape index (κ1) is 17.6. The van der Waals surface area contributed by atoms with Gasteiger partial charge in [0.25, 0.3) is 5.91 Å². The number of nitrogens with one attached hydrogen (secondary N) is 1. The Morgan fingerprint density at radius 3 is 2.72 bits per heavy atom. The minimum atomic E-state index is -0.327. The molecule has 0 aliphatic carbocycles. The van der Waals surface area contributed by atoms with E-state index >= 15 is 0 Å². The molecule has 1 unspecified atom stereocenters. The van der Waals surface area contributed by atoms with Gasteiger partial charge in [-0.2, -0.15) is 0 Å². The third-order valence-corrected chi connectivity index (χ3v) is 5.46. The standard InChI is InChI=1S/C20H20FNO2S/c1-12-7-4-5-8-14(12)13(2)22-20(23)19-15(11-24-3)18-16(21)9-6-10-17(18)25-19/h4-10,13H,11H2,1-3H3,(H,22,23). The maximum atomic E-state index is 14.2. The van der Waals surface area contributed by atoms with Crippen molar-refractivity contribution >= 4 is 27.3 Å². The van der Waals surface area contributed by atoms with E-state index in [1.54, 1.807) is 13.2 Å². The topological polar surface area (TPSA) is 38.3 Å². The largest absolute Gasteiger partial charge is 0.380 e. The molecular weight excluding hydrogens is 337 g/mol. The van der Waals surface area contributed by atoms with Gasteiger partial charge in [-0.1, -0.05) is 30.3 Å². The molecule has 0 bridgehead atoms. The Kier molecular flexibility index (Phi) is 5.16. The van der Waals surface area contributed by atoms with Crippen molar-refractivity contribution in [1.82, 2.24) is 5.32 Å². The van der Waals surface area contributed by atoms with E-state index in [1.807, 2.05) is 44.2 Å². The van der Waals surface area contributed by atoms with Crippen LogP contribution < -0.4 is 5.32 Å². The number of methoxy groups -OCH3 is 1. The highest BCUT2D eigenvalue weighted by molar-refractivity contribution is 7.21. The number of ether oxygens (including phenoxy) is 1. The monoisotopic (exact) mass is 357 g/mol. The molecule has 1 aromatic heterocycles. The summed E-state index contributed by atoms with van der Waals surface area (Å²) >= 11 is 1.30. The number of benzene rings is 2. The molecule has 0 radical (unpaired) electrons. The molecule has 0 aliphatic rings. The van der Waals surface area contributed by atoms with E-state index in [1.165, 1.54) is 17.4 Å². The molecule has 1 heterocycles. The quantitative estimate of drug-likeness (QED) is 0.699. The van der Waals surface area contributed by atoms with Gasteiger partial charge in [-0.05, 0) is 37.1 Å². The smallest absolute Gasteiger partial charge is 0.262 e. The van der Waals surface area contributed by atoms with Crippen molar-refractivity contribution in [2.75, 3.05) is 7.11 Å². The van der Waals surface area contributed by atoms with Crippen molar-refractivity contribution in [2.45, 2.75) is 26.5 Å². The Morgan fingerprint density at radius 2 is 2.00 bits per heavy atom. The van der Waals surface area contributed by atoms with Crippen LogP contribution in [0.2, 0.25) is 0 Å². The molecule has 25 heavy (non-hydrogen) atoms. The van der Waals surface area contributed by atoms with E-state index in [0.29, 0.717) is 15.8 Å². The zero-order valence-electron chi connectivity index (χ0n) is 14.4. The van der Waals surface area contributed by atoms with Crippen molar-refractivity contribution in [3.8, 4) is 0 Å². The van der Waals surface area contributed by atoms with Crippen LogP contribution in [0.1, 0.15) is 39.3 Å². The minimum Gasteiger partial charge on any atom is -0.380 e. The number of carbonyl (C=O) groups is 1. The average molecular weight is 357 g/mol. The van der Waals surface area contributed by atoms with Gasteiger partial charge in [-0.25, -0.2) is 4.39 Å². The lowest BCUT2D eigenvalue weighted by atomic mass is 10.0. The minimum absolute atomic E-state index is 0.140. The SMILES string of the molecule is COCc1c(C(=O)NC(C)c2ccccc2C)sc2cccc(F)c12. The van der Waals surface area contributed by atoms with Gasteiger partial charge in [-0.15, -0.1) is 11.3 Å².